The highest BCUT2D eigenvalue weighted by Gasteiger charge is 2.20. The third kappa shape index (κ3) is 6.81. The molecule has 0 saturated heterocycles. The van der Waals surface area contributed by atoms with Crippen molar-refractivity contribution in [3.05, 3.63) is 0 Å². The molecule has 17 heavy (non-hydrogen) atoms. The predicted molar refractivity (Wildman–Crippen MR) is 67.0 cm³/mol. The highest BCUT2D eigenvalue weighted by Crippen LogP contribution is 2.02. The summed E-state index contributed by atoms with van der Waals surface area (Å²) in [6, 6.07) is -1.08. The zero-order chi connectivity index (χ0) is 13.3. The topological polar surface area (TPSA) is 69.6 Å². The Hall–Kier alpha value is -1.26. The van der Waals surface area contributed by atoms with Crippen LogP contribution in [-0.4, -0.2) is 41.6 Å². The number of amides is 2. The van der Waals surface area contributed by atoms with Gasteiger partial charge in [0, 0.05) is 13.6 Å². The SMILES string of the molecule is CCCC[C@H](NC(=O)N(C)CCCC)C(=O)O. The van der Waals surface area contributed by atoms with E-state index in [4.69, 9.17) is 5.11 Å². The van der Waals surface area contributed by atoms with E-state index in [2.05, 4.69) is 5.32 Å². The Balaban J connectivity index is 4.15. The summed E-state index contributed by atoms with van der Waals surface area (Å²) >= 11 is 0. The van der Waals surface area contributed by atoms with Gasteiger partial charge < -0.3 is 15.3 Å². The van der Waals surface area contributed by atoms with Gasteiger partial charge in [0.05, 0.1) is 0 Å². The molecule has 0 aromatic heterocycles. The highest BCUT2D eigenvalue weighted by molar-refractivity contribution is 5.82. The average Bonchev–Trinajstić information content (AvgIpc) is 2.30. The minimum atomic E-state index is -0.962. The molecule has 0 aliphatic rings. The molecule has 5 heteroatoms. The molecule has 0 heterocycles. The number of nitrogens with zero attached hydrogens (tertiary/aromatic N) is 1. The van der Waals surface area contributed by atoms with Gasteiger partial charge in [-0.3, -0.25) is 0 Å². The number of carbonyl (C=O) groups is 2. The van der Waals surface area contributed by atoms with E-state index in [1.807, 2.05) is 13.8 Å². The van der Waals surface area contributed by atoms with Crippen LogP contribution in [-0.2, 0) is 4.79 Å². The Morgan fingerprint density at radius 3 is 2.29 bits per heavy atom. The van der Waals surface area contributed by atoms with Gasteiger partial charge in [-0.05, 0) is 12.8 Å². The van der Waals surface area contributed by atoms with E-state index in [0.717, 1.165) is 25.7 Å². The quantitative estimate of drug-likeness (QED) is 0.686. The van der Waals surface area contributed by atoms with E-state index >= 15 is 0 Å². The first kappa shape index (κ1) is 15.7. The van der Waals surface area contributed by atoms with Crippen molar-refractivity contribution in [1.29, 1.82) is 0 Å². The van der Waals surface area contributed by atoms with Gasteiger partial charge in [0.2, 0.25) is 0 Å². The van der Waals surface area contributed by atoms with Crippen molar-refractivity contribution in [2.45, 2.75) is 52.0 Å². The molecule has 0 spiro atoms. The first-order chi connectivity index (χ1) is 8.02. The van der Waals surface area contributed by atoms with Gasteiger partial charge in [0.25, 0.3) is 0 Å². The summed E-state index contributed by atoms with van der Waals surface area (Å²) in [5.74, 6) is -0.962. The van der Waals surface area contributed by atoms with Crippen LogP contribution in [0.25, 0.3) is 0 Å². The van der Waals surface area contributed by atoms with Crippen LogP contribution >= 0.6 is 0 Å². The lowest BCUT2D eigenvalue weighted by atomic mass is 10.1. The van der Waals surface area contributed by atoms with E-state index in [0.29, 0.717) is 13.0 Å². The molecule has 5 nitrogen and oxygen atoms in total. The molecule has 0 rings (SSSR count). The molecule has 1 atom stereocenters. The number of carboxylic acids is 1. The van der Waals surface area contributed by atoms with Crippen molar-refractivity contribution in [1.82, 2.24) is 10.2 Å². The minimum Gasteiger partial charge on any atom is -0.480 e. The van der Waals surface area contributed by atoms with Crippen LogP contribution in [0.4, 0.5) is 4.79 Å². The summed E-state index contributed by atoms with van der Waals surface area (Å²) in [5, 5.41) is 11.5. The normalized spacial score (nSPS) is 11.9. The fourth-order valence-electron chi connectivity index (χ4n) is 1.42. The number of nitrogens with one attached hydrogen (secondary N) is 1. The number of carbonyl (C=O) groups excluding carboxylic acids is 1. The van der Waals surface area contributed by atoms with Crippen molar-refractivity contribution < 1.29 is 14.7 Å². The maximum absolute atomic E-state index is 11.7. The minimum absolute atomic E-state index is 0.304. The van der Waals surface area contributed by atoms with Crippen molar-refractivity contribution in [2.75, 3.05) is 13.6 Å². The summed E-state index contributed by atoms with van der Waals surface area (Å²) in [4.78, 5) is 24.2. The van der Waals surface area contributed by atoms with Crippen LogP contribution in [0, 0.1) is 0 Å². The molecule has 2 N–H and O–H groups in total. The number of aliphatic carboxylic acids is 1. The molecule has 0 radical (unpaired) electrons. The summed E-state index contributed by atoms with van der Waals surface area (Å²) in [6.07, 6.45) is 4.15. The first-order valence-corrected chi connectivity index (χ1v) is 6.27. The molecule has 0 saturated carbocycles. The zero-order valence-corrected chi connectivity index (χ0v) is 11.0. The number of urea groups is 1. The molecule has 0 aromatic rings. The van der Waals surface area contributed by atoms with Crippen molar-refractivity contribution in [2.24, 2.45) is 0 Å². The molecule has 0 bridgehead atoms. The van der Waals surface area contributed by atoms with Gasteiger partial charge in [0.15, 0.2) is 0 Å². The number of carboxylic acid groups (broad SMARTS) is 1. The van der Waals surface area contributed by atoms with Crippen molar-refractivity contribution in [3.8, 4) is 0 Å². The van der Waals surface area contributed by atoms with Crippen LogP contribution in [0.5, 0.6) is 0 Å². The predicted octanol–water partition coefficient (Wildman–Crippen LogP) is 2.07. The van der Waals surface area contributed by atoms with E-state index in [9.17, 15) is 9.59 Å². The van der Waals surface area contributed by atoms with Crippen molar-refractivity contribution in [3.63, 3.8) is 0 Å². The van der Waals surface area contributed by atoms with Gasteiger partial charge in [-0.15, -0.1) is 0 Å². The Morgan fingerprint density at radius 2 is 1.82 bits per heavy atom. The lowest BCUT2D eigenvalue weighted by molar-refractivity contribution is -0.139. The van der Waals surface area contributed by atoms with Gasteiger partial charge >= 0.3 is 12.0 Å². The van der Waals surface area contributed by atoms with Crippen LogP contribution < -0.4 is 5.32 Å². The van der Waals surface area contributed by atoms with Gasteiger partial charge in [0.1, 0.15) is 6.04 Å². The third-order valence-electron chi connectivity index (χ3n) is 2.64. The Morgan fingerprint density at radius 1 is 1.24 bits per heavy atom. The Bertz CT molecular complexity index is 244. The highest BCUT2D eigenvalue weighted by atomic mass is 16.4. The second-order valence-corrected chi connectivity index (χ2v) is 4.26. The third-order valence-corrected chi connectivity index (χ3v) is 2.64. The maximum Gasteiger partial charge on any atom is 0.326 e. The lowest BCUT2D eigenvalue weighted by Crippen LogP contribution is -2.46. The van der Waals surface area contributed by atoms with Gasteiger partial charge in [-0.25, -0.2) is 9.59 Å². The summed E-state index contributed by atoms with van der Waals surface area (Å²) in [7, 11) is 1.68. The van der Waals surface area contributed by atoms with E-state index in [1.165, 1.54) is 4.90 Å². The first-order valence-electron chi connectivity index (χ1n) is 6.27. The van der Waals surface area contributed by atoms with Crippen LogP contribution in [0.1, 0.15) is 46.0 Å². The molecule has 0 aliphatic heterocycles. The zero-order valence-electron chi connectivity index (χ0n) is 11.0. The largest absolute Gasteiger partial charge is 0.480 e. The summed E-state index contributed by atoms with van der Waals surface area (Å²) in [6.45, 7) is 4.70. The fourth-order valence-corrected chi connectivity index (χ4v) is 1.42. The molecular weight excluding hydrogens is 220 g/mol. The lowest BCUT2D eigenvalue weighted by Gasteiger charge is -2.21. The molecule has 0 aromatic carbocycles. The van der Waals surface area contributed by atoms with Crippen LogP contribution in [0.3, 0.4) is 0 Å². The molecule has 0 aliphatic carbocycles. The second kappa shape index (κ2) is 8.84. The van der Waals surface area contributed by atoms with E-state index < -0.39 is 12.0 Å². The van der Waals surface area contributed by atoms with Crippen molar-refractivity contribution >= 4 is 12.0 Å². The number of rotatable bonds is 8. The Kier molecular flexibility index (Phi) is 8.19. The summed E-state index contributed by atoms with van der Waals surface area (Å²) < 4.78 is 0. The monoisotopic (exact) mass is 244 g/mol. The number of hydrogen-bond donors (Lipinski definition) is 2. The fraction of sp³-hybridized carbons (Fsp3) is 0.833. The summed E-state index contributed by atoms with van der Waals surface area (Å²) in [5.41, 5.74) is 0. The van der Waals surface area contributed by atoms with Crippen LogP contribution in [0.2, 0.25) is 0 Å². The number of hydrogen-bond acceptors (Lipinski definition) is 2. The molecule has 0 fully saturated rings. The smallest absolute Gasteiger partial charge is 0.326 e. The molecule has 0 unspecified atom stereocenters. The van der Waals surface area contributed by atoms with Gasteiger partial charge in [-0.2, -0.15) is 0 Å². The maximum atomic E-state index is 11.7. The van der Waals surface area contributed by atoms with Crippen LogP contribution in [0.15, 0.2) is 0 Å². The van der Waals surface area contributed by atoms with E-state index in [1.54, 1.807) is 7.05 Å². The molecule has 2 amide bonds. The Labute approximate surface area is 103 Å². The second-order valence-electron chi connectivity index (χ2n) is 4.26. The average molecular weight is 244 g/mol. The molecular formula is C12H24N2O3. The standard InChI is InChI=1S/C12H24N2O3/c1-4-6-8-10(11(15)16)13-12(17)14(3)9-7-5-2/h10H,4-9H2,1-3H3,(H,13,17)(H,15,16)/t10-/m0/s1. The number of unbranched alkanes of at least 4 members (excludes halogenated alkanes) is 2. The van der Waals surface area contributed by atoms with Gasteiger partial charge in [-0.1, -0.05) is 33.1 Å². The van der Waals surface area contributed by atoms with E-state index in [-0.39, 0.29) is 6.03 Å². The molecule has 100 valence electrons.